The zero-order chi connectivity index (χ0) is 13.5. The number of nitrogens with zero attached hydrogens (tertiary/aromatic N) is 3. The third-order valence-corrected chi connectivity index (χ3v) is 2.79. The van der Waals surface area contributed by atoms with E-state index in [2.05, 4.69) is 34.7 Å². The van der Waals surface area contributed by atoms with Crippen molar-refractivity contribution in [1.82, 2.24) is 25.4 Å². The first-order valence-electron chi connectivity index (χ1n) is 6.34. The topological polar surface area (TPSA) is 71.8 Å². The lowest BCUT2D eigenvalue weighted by Crippen LogP contribution is -2.42. The van der Waals surface area contributed by atoms with Gasteiger partial charge in [0.05, 0.1) is 12.6 Å². The van der Waals surface area contributed by atoms with Gasteiger partial charge in [0, 0.05) is 13.6 Å². The molecule has 1 amide bonds. The van der Waals surface area contributed by atoms with Crippen molar-refractivity contribution >= 4 is 5.91 Å². The third kappa shape index (κ3) is 4.83. The first-order chi connectivity index (χ1) is 8.50. The number of rotatable bonds is 7. The molecule has 0 saturated heterocycles. The molecular formula is C12H23N5O. The zero-order valence-electron chi connectivity index (χ0n) is 11.6. The molecule has 0 saturated carbocycles. The van der Waals surface area contributed by atoms with E-state index in [0.29, 0.717) is 12.5 Å². The second kappa shape index (κ2) is 7.10. The number of aryl methyl sites for hydroxylation is 1. The van der Waals surface area contributed by atoms with Crippen LogP contribution in [-0.4, -0.2) is 33.3 Å². The van der Waals surface area contributed by atoms with Crippen LogP contribution in [0.15, 0.2) is 6.33 Å². The molecule has 1 unspecified atom stereocenters. The predicted octanol–water partition coefficient (Wildman–Crippen LogP) is 0.456. The maximum absolute atomic E-state index is 11.8. The Balaban J connectivity index is 2.25. The number of nitrogens with one attached hydrogen (secondary N) is 2. The highest BCUT2D eigenvalue weighted by Crippen LogP contribution is 1.97. The van der Waals surface area contributed by atoms with Gasteiger partial charge in [0.15, 0.2) is 0 Å². The lowest BCUT2D eigenvalue weighted by Gasteiger charge is -2.14. The quantitative estimate of drug-likeness (QED) is 0.740. The summed E-state index contributed by atoms with van der Waals surface area (Å²) in [4.78, 5) is 11.8. The Kier molecular flexibility index (Phi) is 5.77. The molecule has 1 heterocycles. The molecule has 0 bridgehead atoms. The highest BCUT2D eigenvalue weighted by Gasteiger charge is 2.12. The highest BCUT2D eigenvalue weighted by atomic mass is 16.2. The first-order valence-corrected chi connectivity index (χ1v) is 6.34. The van der Waals surface area contributed by atoms with Gasteiger partial charge in [-0.05, 0) is 19.3 Å². The van der Waals surface area contributed by atoms with Crippen LogP contribution >= 0.6 is 0 Å². The Bertz CT molecular complexity index is 374. The Morgan fingerprint density at radius 3 is 2.72 bits per heavy atom. The summed E-state index contributed by atoms with van der Waals surface area (Å²) in [6, 6.07) is -0.228. The van der Waals surface area contributed by atoms with Gasteiger partial charge in [-0.25, -0.2) is 0 Å². The molecule has 1 rings (SSSR count). The molecule has 1 aromatic heterocycles. The normalized spacial score (nSPS) is 12.7. The summed E-state index contributed by atoms with van der Waals surface area (Å²) in [7, 11) is 1.88. The van der Waals surface area contributed by atoms with Crippen molar-refractivity contribution < 1.29 is 4.79 Å². The van der Waals surface area contributed by atoms with Gasteiger partial charge in [-0.2, -0.15) is 0 Å². The monoisotopic (exact) mass is 253 g/mol. The van der Waals surface area contributed by atoms with Crippen LogP contribution in [0.25, 0.3) is 0 Å². The van der Waals surface area contributed by atoms with E-state index >= 15 is 0 Å². The minimum atomic E-state index is -0.228. The summed E-state index contributed by atoms with van der Waals surface area (Å²) in [6.07, 6.45) is 2.64. The smallest absolute Gasteiger partial charge is 0.236 e. The highest BCUT2D eigenvalue weighted by molar-refractivity contribution is 5.81. The molecule has 2 N–H and O–H groups in total. The van der Waals surface area contributed by atoms with Gasteiger partial charge >= 0.3 is 0 Å². The van der Waals surface area contributed by atoms with E-state index in [-0.39, 0.29) is 11.9 Å². The van der Waals surface area contributed by atoms with E-state index in [1.54, 1.807) is 6.33 Å². The van der Waals surface area contributed by atoms with Crippen LogP contribution in [0.5, 0.6) is 0 Å². The fourth-order valence-corrected chi connectivity index (χ4v) is 1.44. The second-order valence-electron chi connectivity index (χ2n) is 4.93. The second-order valence-corrected chi connectivity index (χ2v) is 4.93. The summed E-state index contributed by atoms with van der Waals surface area (Å²) >= 11 is 0. The van der Waals surface area contributed by atoms with Crippen LogP contribution in [0, 0.1) is 5.92 Å². The molecule has 18 heavy (non-hydrogen) atoms. The van der Waals surface area contributed by atoms with Crippen LogP contribution in [0.3, 0.4) is 0 Å². The third-order valence-electron chi connectivity index (χ3n) is 2.79. The molecular weight excluding hydrogens is 230 g/mol. The van der Waals surface area contributed by atoms with Crippen molar-refractivity contribution in [3.63, 3.8) is 0 Å². The summed E-state index contributed by atoms with van der Waals surface area (Å²) in [6.45, 7) is 7.40. The number of carbonyl (C=O) groups excluding carboxylic acids is 1. The van der Waals surface area contributed by atoms with Crippen LogP contribution < -0.4 is 10.6 Å². The van der Waals surface area contributed by atoms with Gasteiger partial charge in [-0.3, -0.25) is 10.1 Å². The maximum Gasteiger partial charge on any atom is 0.236 e. The van der Waals surface area contributed by atoms with Crippen molar-refractivity contribution in [2.75, 3.05) is 6.54 Å². The van der Waals surface area contributed by atoms with Crippen LogP contribution in [0.1, 0.15) is 33.0 Å². The molecule has 6 heteroatoms. The summed E-state index contributed by atoms with van der Waals surface area (Å²) in [5.41, 5.74) is 0. The molecule has 0 spiro atoms. The SMILES string of the molecule is CC(C)CCNC(=O)C(C)NCc1nncn1C. The van der Waals surface area contributed by atoms with Gasteiger partial charge in [0.1, 0.15) is 12.2 Å². The minimum absolute atomic E-state index is 0.0258. The number of carbonyl (C=O) groups is 1. The molecule has 1 aromatic rings. The number of hydrogen-bond donors (Lipinski definition) is 2. The molecule has 0 fully saturated rings. The largest absolute Gasteiger partial charge is 0.355 e. The molecule has 1 atom stereocenters. The van der Waals surface area contributed by atoms with Crippen molar-refractivity contribution in [1.29, 1.82) is 0 Å². The standard InChI is InChI=1S/C12H23N5O/c1-9(2)5-6-13-12(18)10(3)14-7-11-16-15-8-17(11)4/h8-10,14H,5-7H2,1-4H3,(H,13,18). The van der Waals surface area contributed by atoms with Crippen molar-refractivity contribution in [3.8, 4) is 0 Å². The lowest BCUT2D eigenvalue weighted by atomic mass is 10.1. The molecule has 0 radical (unpaired) electrons. The van der Waals surface area contributed by atoms with Crippen LogP contribution in [-0.2, 0) is 18.4 Å². The molecule has 0 aliphatic carbocycles. The Labute approximate surface area is 108 Å². The van der Waals surface area contributed by atoms with Gasteiger partial charge in [0.25, 0.3) is 0 Å². The Hall–Kier alpha value is -1.43. The van der Waals surface area contributed by atoms with Gasteiger partial charge in [-0.15, -0.1) is 10.2 Å². The van der Waals surface area contributed by atoms with Crippen LogP contribution in [0.2, 0.25) is 0 Å². The molecule has 0 aliphatic rings. The van der Waals surface area contributed by atoms with Crippen molar-refractivity contribution in [2.45, 2.75) is 39.8 Å². The minimum Gasteiger partial charge on any atom is -0.355 e. The predicted molar refractivity (Wildman–Crippen MR) is 69.8 cm³/mol. The Morgan fingerprint density at radius 2 is 2.17 bits per heavy atom. The summed E-state index contributed by atoms with van der Waals surface area (Å²) in [5, 5.41) is 13.8. The van der Waals surface area contributed by atoms with E-state index in [0.717, 1.165) is 18.8 Å². The molecule has 6 nitrogen and oxygen atoms in total. The number of amides is 1. The number of hydrogen-bond acceptors (Lipinski definition) is 4. The fraction of sp³-hybridized carbons (Fsp3) is 0.750. The first kappa shape index (κ1) is 14.6. The maximum atomic E-state index is 11.8. The molecule has 102 valence electrons. The van der Waals surface area contributed by atoms with Crippen molar-refractivity contribution in [2.24, 2.45) is 13.0 Å². The van der Waals surface area contributed by atoms with E-state index in [1.807, 2.05) is 18.5 Å². The van der Waals surface area contributed by atoms with Crippen molar-refractivity contribution in [3.05, 3.63) is 12.2 Å². The van der Waals surface area contributed by atoms with Gasteiger partial charge in [-0.1, -0.05) is 13.8 Å². The summed E-state index contributed by atoms with van der Waals surface area (Å²) in [5.74, 6) is 1.45. The molecule has 0 aliphatic heterocycles. The average molecular weight is 253 g/mol. The average Bonchev–Trinajstić information content (AvgIpc) is 2.71. The van der Waals surface area contributed by atoms with E-state index in [9.17, 15) is 4.79 Å². The van der Waals surface area contributed by atoms with E-state index < -0.39 is 0 Å². The fourth-order valence-electron chi connectivity index (χ4n) is 1.44. The van der Waals surface area contributed by atoms with Gasteiger partial charge in [0.2, 0.25) is 5.91 Å². The lowest BCUT2D eigenvalue weighted by molar-refractivity contribution is -0.122. The van der Waals surface area contributed by atoms with Gasteiger partial charge < -0.3 is 9.88 Å². The zero-order valence-corrected chi connectivity index (χ0v) is 11.6. The van der Waals surface area contributed by atoms with E-state index in [1.165, 1.54) is 0 Å². The number of aromatic nitrogens is 3. The van der Waals surface area contributed by atoms with Crippen LogP contribution in [0.4, 0.5) is 0 Å². The van der Waals surface area contributed by atoms with E-state index in [4.69, 9.17) is 0 Å². The Morgan fingerprint density at radius 1 is 1.44 bits per heavy atom. The summed E-state index contributed by atoms with van der Waals surface area (Å²) < 4.78 is 1.83. The molecule has 0 aromatic carbocycles.